The molecule has 0 aliphatic heterocycles. The minimum absolute atomic E-state index is 0.0481. The predicted octanol–water partition coefficient (Wildman–Crippen LogP) is 3.84. The largest absolute Gasteiger partial charge is 0.490 e. The van der Waals surface area contributed by atoms with Crippen LogP contribution in [0.2, 0.25) is 5.15 Å². The van der Waals surface area contributed by atoms with Gasteiger partial charge in [0.2, 0.25) is 0 Å². The van der Waals surface area contributed by atoms with Crippen molar-refractivity contribution in [3.8, 4) is 0 Å². The average molecular weight is 506 g/mol. The van der Waals surface area contributed by atoms with Crippen LogP contribution >= 0.6 is 11.6 Å². The molecule has 186 valence electrons. The van der Waals surface area contributed by atoms with E-state index < -0.39 is 24.0 Å². The molecule has 34 heavy (non-hydrogen) atoms. The fraction of sp³-hybridized carbons (Fsp3) is 0.350. The molecule has 0 saturated carbocycles. The highest BCUT2D eigenvalue weighted by Gasteiger charge is 2.38. The number of carboxylic acid groups (broad SMARTS) is 1. The number of hydrogen-bond acceptors (Lipinski definition) is 8. The van der Waals surface area contributed by atoms with E-state index in [9.17, 15) is 22.8 Å². The standard InChI is InChI=1S/C18H22ClN5O3.C2HF3O2/c1-10(2)7-8-21-16-14(19)23-13(15(20)24-16)17(25)22-12-6-4-5-11(9-12)18(26)27-3;3-2(4,5)1(6)7/h4-6,9-10H,7-8H2,1-3H3,(H,22,25)(H3,20,21,24);(H,6,7). The van der Waals surface area contributed by atoms with Crippen LogP contribution in [0.3, 0.4) is 0 Å². The second-order valence-electron chi connectivity index (χ2n) is 7.04. The van der Waals surface area contributed by atoms with Crippen molar-refractivity contribution < 1.29 is 37.4 Å². The highest BCUT2D eigenvalue weighted by molar-refractivity contribution is 6.32. The van der Waals surface area contributed by atoms with E-state index >= 15 is 0 Å². The molecule has 1 heterocycles. The number of esters is 1. The Balaban J connectivity index is 0.000000718. The summed E-state index contributed by atoms with van der Waals surface area (Å²) in [5, 5.41) is 12.9. The molecule has 0 unspecified atom stereocenters. The van der Waals surface area contributed by atoms with Gasteiger partial charge in [-0.15, -0.1) is 0 Å². The van der Waals surface area contributed by atoms with Gasteiger partial charge >= 0.3 is 18.1 Å². The fourth-order valence-corrected chi connectivity index (χ4v) is 2.41. The monoisotopic (exact) mass is 505 g/mol. The minimum atomic E-state index is -5.08. The molecule has 2 rings (SSSR count). The summed E-state index contributed by atoms with van der Waals surface area (Å²) < 4.78 is 36.4. The predicted molar refractivity (Wildman–Crippen MR) is 119 cm³/mol. The van der Waals surface area contributed by atoms with E-state index in [-0.39, 0.29) is 16.7 Å². The molecular weight excluding hydrogens is 483 g/mol. The maximum Gasteiger partial charge on any atom is 0.490 e. The zero-order chi connectivity index (χ0) is 26.1. The lowest BCUT2D eigenvalue weighted by molar-refractivity contribution is -0.192. The second kappa shape index (κ2) is 12.6. The molecule has 0 fully saturated rings. The molecule has 0 saturated heterocycles. The van der Waals surface area contributed by atoms with Gasteiger partial charge in [0, 0.05) is 12.2 Å². The number of carboxylic acids is 1. The number of nitrogens with one attached hydrogen (secondary N) is 2. The van der Waals surface area contributed by atoms with Gasteiger partial charge in [0.15, 0.2) is 22.5 Å². The first kappa shape index (κ1) is 28.4. The Hall–Kier alpha value is -3.61. The third-order valence-corrected chi connectivity index (χ3v) is 4.16. The van der Waals surface area contributed by atoms with Crippen molar-refractivity contribution in [3.63, 3.8) is 0 Å². The van der Waals surface area contributed by atoms with Crippen molar-refractivity contribution in [1.82, 2.24) is 9.97 Å². The number of amides is 1. The molecule has 0 aliphatic rings. The number of nitrogens with zero attached hydrogens (tertiary/aromatic N) is 2. The summed E-state index contributed by atoms with van der Waals surface area (Å²) in [6.07, 6.45) is -4.16. The number of carbonyl (C=O) groups is 3. The molecule has 0 aliphatic carbocycles. The third kappa shape index (κ3) is 9.10. The van der Waals surface area contributed by atoms with Gasteiger partial charge in [-0.3, -0.25) is 4.79 Å². The number of hydrogen-bond donors (Lipinski definition) is 4. The van der Waals surface area contributed by atoms with Crippen molar-refractivity contribution in [3.05, 3.63) is 40.7 Å². The van der Waals surface area contributed by atoms with Crippen LogP contribution in [0.15, 0.2) is 24.3 Å². The average Bonchev–Trinajstić information content (AvgIpc) is 2.74. The molecule has 1 aromatic heterocycles. The first-order valence-corrected chi connectivity index (χ1v) is 10.0. The van der Waals surface area contributed by atoms with Crippen molar-refractivity contribution in [2.24, 2.45) is 5.92 Å². The first-order valence-electron chi connectivity index (χ1n) is 9.63. The zero-order valence-electron chi connectivity index (χ0n) is 18.4. The van der Waals surface area contributed by atoms with Gasteiger partial charge in [-0.2, -0.15) is 13.2 Å². The summed E-state index contributed by atoms with van der Waals surface area (Å²) in [5.41, 5.74) is 6.46. The van der Waals surface area contributed by atoms with Crippen LogP contribution < -0.4 is 16.4 Å². The molecule has 0 spiro atoms. The number of ether oxygens (including phenoxy) is 1. The first-order chi connectivity index (χ1) is 15.8. The maximum absolute atomic E-state index is 12.5. The number of rotatable bonds is 7. The Bertz CT molecular complexity index is 1030. The number of anilines is 3. The van der Waals surface area contributed by atoms with Gasteiger partial charge in [-0.1, -0.05) is 31.5 Å². The molecule has 5 N–H and O–H groups in total. The Morgan fingerprint density at radius 2 is 1.85 bits per heavy atom. The van der Waals surface area contributed by atoms with E-state index in [1.807, 2.05) is 0 Å². The highest BCUT2D eigenvalue weighted by atomic mass is 35.5. The van der Waals surface area contributed by atoms with E-state index in [1.165, 1.54) is 13.2 Å². The molecule has 2 aromatic rings. The normalized spacial score (nSPS) is 10.7. The SMILES string of the molecule is COC(=O)c1cccc(NC(=O)c2nc(Cl)c(NCCC(C)C)nc2N)c1.O=C(O)C(F)(F)F. The molecule has 0 radical (unpaired) electrons. The maximum atomic E-state index is 12.5. The highest BCUT2D eigenvalue weighted by Crippen LogP contribution is 2.22. The molecule has 0 atom stereocenters. The number of alkyl halides is 3. The van der Waals surface area contributed by atoms with Crippen LogP contribution in [0.1, 0.15) is 41.1 Å². The molecule has 0 bridgehead atoms. The van der Waals surface area contributed by atoms with Gasteiger partial charge in [0.05, 0.1) is 12.7 Å². The van der Waals surface area contributed by atoms with Crippen LogP contribution in [0.4, 0.5) is 30.5 Å². The number of nitrogens with two attached hydrogens (primary N) is 1. The van der Waals surface area contributed by atoms with E-state index in [0.29, 0.717) is 29.5 Å². The van der Waals surface area contributed by atoms with Crippen molar-refractivity contribution in [2.75, 3.05) is 30.0 Å². The summed E-state index contributed by atoms with van der Waals surface area (Å²) in [7, 11) is 1.28. The van der Waals surface area contributed by atoms with E-state index in [2.05, 4.69) is 39.2 Å². The summed E-state index contributed by atoms with van der Waals surface area (Å²) in [4.78, 5) is 41.1. The number of carbonyl (C=O) groups excluding carboxylic acids is 2. The van der Waals surface area contributed by atoms with E-state index in [1.54, 1.807) is 18.2 Å². The van der Waals surface area contributed by atoms with Crippen LogP contribution in [0.25, 0.3) is 0 Å². The van der Waals surface area contributed by atoms with Gasteiger partial charge in [-0.05, 0) is 30.5 Å². The zero-order valence-corrected chi connectivity index (χ0v) is 19.1. The van der Waals surface area contributed by atoms with Crippen LogP contribution in [-0.2, 0) is 9.53 Å². The van der Waals surface area contributed by atoms with E-state index in [4.69, 9.17) is 27.2 Å². The quantitative estimate of drug-likeness (QED) is 0.410. The number of halogens is 4. The molecule has 10 nitrogen and oxygen atoms in total. The van der Waals surface area contributed by atoms with Crippen LogP contribution in [0, 0.1) is 5.92 Å². The van der Waals surface area contributed by atoms with Gasteiger partial charge in [-0.25, -0.2) is 19.6 Å². The fourth-order valence-electron chi connectivity index (χ4n) is 2.22. The van der Waals surface area contributed by atoms with Gasteiger partial charge in [0.1, 0.15) is 0 Å². The molecular formula is C20H23ClF3N5O5. The Morgan fingerprint density at radius 3 is 2.38 bits per heavy atom. The Morgan fingerprint density at radius 1 is 1.24 bits per heavy atom. The van der Waals surface area contributed by atoms with Crippen LogP contribution in [0.5, 0.6) is 0 Å². The van der Waals surface area contributed by atoms with Crippen molar-refractivity contribution >= 4 is 46.8 Å². The Kier molecular flexibility index (Phi) is 10.5. The molecule has 1 aromatic carbocycles. The number of aromatic nitrogens is 2. The number of methoxy groups -OCH3 is 1. The number of benzene rings is 1. The summed E-state index contributed by atoms with van der Waals surface area (Å²) in [5.74, 6) is -3.05. The smallest absolute Gasteiger partial charge is 0.475 e. The topological polar surface area (TPSA) is 157 Å². The lowest BCUT2D eigenvalue weighted by atomic mass is 10.1. The lowest BCUT2D eigenvalue weighted by Gasteiger charge is -2.12. The molecule has 14 heteroatoms. The van der Waals surface area contributed by atoms with Crippen molar-refractivity contribution in [2.45, 2.75) is 26.4 Å². The van der Waals surface area contributed by atoms with E-state index in [0.717, 1.165) is 6.42 Å². The van der Waals surface area contributed by atoms with Crippen LogP contribution in [-0.4, -0.2) is 52.8 Å². The third-order valence-electron chi connectivity index (χ3n) is 3.89. The second-order valence-corrected chi connectivity index (χ2v) is 7.39. The Labute approximate surface area is 197 Å². The summed E-state index contributed by atoms with van der Waals surface area (Å²) >= 11 is 6.12. The molecule has 1 amide bonds. The minimum Gasteiger partial charge on any atom is -0.475 e. The summed E-state index contributed by atoms with van der Waals surface area (Å²) in [6, 6.07) is 6.30. The number of nitrogen functional groups attached to an aromatic ring is 1. The van der Waals surface area contributed by atoms with Crippen molar-refractivity contribution in [1.29, 1.82) is 0 Å². The summed E-state index contributed by atoms with van der Waals surface area (Å²) in [6.45, 7) is 4.87. The van der Waals surface area contributed by atoms with Gasteiger partial charge < -0.3 is 26.2 Å². The lowest BCUT2D eigenvalue weighted by Crippen LogP contribution is -2.21. The number of aliphatic carboxylic acids is 1. The van der Waals surface area contributed by atoms with Gasteiger partial charge in [0.25, 0.3) is 5.91 Å².